The zero-order valence-corrected chi connectivity index (χ0v) is 21.8. The molecule has 196 valence electrons. The highest BCUT2D eigenvalue weighted by atomic mass is 16.2. The molecular formula is C29H33N7O2. The Morgan fingerprint density at radius 1 is 1.00 bits per heavy atom. The van der Waals surface area contributed by atoms with Crippen LogP contribution in [0.25, 0.3) is 16.9 Å². The van der Waals surface area contributed by atoms with Gasteiger partial charge in [-0.15, -0.1) is 0 Å². The second-order valence-corrected chi connectivity index (χ2v) is 9.70. The summed E-state index contributed by atoms with van der Waals surface area (Å²) in [5.41, 5.74) is 6.23. The molecule has 2 amide bonds. The molecule has 0 atom stereocenters. The fourth-order valence-electron chi connectivity index (χ4n) is 4.76. The second kappa shape index (κ2) is 11.4. The normalized spacial score (nSPS) is 13.8. The van der Waals surface area contributed by atoms with E-state index in [-0.39, 0.29) is 17.7 Å². The van der Waals surface area contributed by atoms with Gasteiger partial charge in [0.05, 0.1) is 11.9 Å². The number of nitrogens with one attached hydrogen (secondary N) is 4. The van der Waals surface area contributed by atoms with Crippen LogP contribution in [0.2, 0.25) is 0 Å². The molecule has 1 aliphatic heterocycles. The lowest BCUT2D eigenvalue weighted by molar-refractivity contribution is -0.125. The van der Waals surface area contributed by atoms with Gasteiger partial charge in [0.25, 0.3) is 5.91 Å². The van der Waals surface area contributed by atoms with Gasteiger partial charge in [-0.05, 0) is 63.5 Å². The van der Waals surface area contributed by atoms with E-state index in [1.165, 1.54) is 5.56 Å². The van der Waals surface area contributed by atoms with Crippen molar-refractivity contribution in [2.24, 2.45) is 5.92 Å². The van der Waals surface area contributed by atoms with Crippen molar-refractivity contribution in [1.82, 2.24) is 30.3 Å². The molecule has 38 heavy (non-hydrogen) atoms. The van der Waals surface area contributed by atoms with Gasteiger partial charge in [0.15, 0.2) is 11.5 Å². The van der Waals surface area contributed by atoms with Crippen molar-refractivity contribution in [1.29, 1.82) is 0 Å². The number of piperidine rings is 1. The molecule has 0 bridgehead atoms. The van der Waals surface area contributed by atoms with E-state index in [9.17, 15) is 9.59 Å². The average Bonchev–Trinajstić information content (AvgIpc) is 3.37. The Hall–Kier alpha value is -4.24. The molecule has 4 aromatic rings. The number of carbonyl (C=O) groups excluding carboxylic acids is 2. The molecule has 2 aromatic carbocycles. The molecule has 0 spiro atoms. The van der Waals surface area contributed by atoms with Gasteiger partial charge in [-0.1, -0.05) is 29.8 Å². The minimum absolute atomic E-state index is 0.0609. The number of amides is 2. The van der Waals surface area contributed by atoms with E-state index >= 15 is 0 Å². The molecular weight excluding hydrogens is 478 g/mol. The molecule has 0 aliphatic carbocycles. The fraction of sp³-hybridized carbons (Fsp3) is 0.310. The maximum Gasteiger partial charge on any atom is 0.251 e. The standard InChI is InChI=1S/C29H33N7O2/c1-19-3-5-21(6-4-19)25-18-34-27-26(31-15-16-36(25)27)35-23-7-8-24(20(2)17-23)29(38)33-14-13-32-28(37)22-9-11-30-12-10-22/h3-8,15-18,22,30H,9-14H2,1-2H3,(H,31,35)(H,32,37)(H,33,38). The smallest absolute Gasteiger partial charge is 0.251 e. The van der Waals surface area contributed by atoms with E-state index < -0.39 is 0 Å². The van der Waals surface area contributed by atoms with Crippen LogP contribution in [0.3, 0.4) is 0 Å². The van der Waals surface area contributed by atoms with Crippen molar-refractivity contribution in [2.45, 2.75) is 26.7 Å². The van der Waals surface area contributed by atoms with Crippen molar-refractivity contribution in [2.75, 3.05) is 31.5 Å². The van der Waals surface area contributed by atoms with E-state index in [0.717, 1.165) is 48.4 Å². The van der Waals surface area contributed by atoms with Crippen LogP contribution in [0.1, 0.15) is 34.3 Å². The number of hydrogen-bond acceptors (Lipinski definition) is 6. The molecule has 1 saturated heterocycles. The van der Waals surface area contributed by atoms with E-state index in [0.29, 0.717) is 30.1 Å². The number of nitrogens with zero attached hydrogens (tertiary/aromatic N) is 3. The number of hydrogen-bond donors (Lipinski definition) is 4. The first kappa shape index (κ1) is 25.4. The lowest BCUT2D eigenvalue weighted by Gasteiger charge is -2.21. The number of carbonyl (C=O) groups is 2. The maximum absolute atomic E-state index is 12.7. The SMILES string of the molecule is Cc1ccc(-c2cnc3c(Nc4ccc(C(=O)NCCNC(=O)C5CCNCC5)c(C)c4)nccn23)cc1. The third-order valence-corrected chi connectivity index (χ3v) is 6.93. The maximum atomic E-state index is 12.7. The highest BCUT2D eigenvalue weighted by molar-refractivity contribution is 5.96. The Bertz CT molecular complexity index is 1440. The van der Waals surface area contributed by atoms with Gasteiger partial charge in [0.1, 0.15) is 0 Å². The van der Waals surface area contributed by atoms with E-state index in [1.807, 2.05) is 35.9 Å². The summed E-state index contributed by atoms with van der Waals surface area (Å²) in [6.45, 7) is 6.51. The highest BCUT2D eigenvalue weighted by Crippen LogP contribution is 2.26. The number of aromatic nitrogens is 3. The van der Waals surface area contributed by atoms with Crippen LogP contribution in [0.15, 0.2) is 61.1 Å². The highest BCUT2D eigenvalue weighted by Gasteiger charge is 2.20. The quantitative estimate of drug-likeness (QED) is 0.269. The molecule has 0 saturated carbocycles. The minimum atomic E-state index is -0.165. The predicted octanol–water partition coefficient (Wildman–Crippen LogP) is 3.60. The first-order chi connectivity index (χ1) is 18.5. The van der Waals surface area contributed by atoms with Crippen LogP contribution < -0.4 is 21.3 Å². The summed E-state index contributed by atoms with van der Waals surface area (Å²) in [7, 11) is 0. The van der Waals surface area contributed by atoms with Gasteiger partial charge in [0, 0.05) is 48.2 Å². The van der Waals surface area contributed by atoms with E-state index in [4.69, 9.17) is 0 Å². The van der Waals surface area contributed by atoms with Crippen molar-refractivity contribution in [3.63, 3.8) is 0 Å². The topological polar surface area (TPSA) is 112 Å². The Morgan fingerprint density at radius 3 is 2.53 bits per heavy atom. The van der Waals surface area contributed by atoms with Gasteiger partial charge in [-0.3, -0.25) is 14.0 Å². The zero-order valence-electron chi connectivity index (χ0n) is 21.8. The zero-order chi connectivity index (χ0) is 26.5. The number of imidazole rings is 1. The van der Waals surface area contributed by atoms with Crippen LogP contribution in [0.4, 0.5) is 11.5 Å². The van der Waals surface area contributed by atoms with Crippen LogP contribution in [0, 0.1) is 19.8 Å². The molecule has 9 heteroatoms. The summed E-state index contributed by atoms with van der Waals surface area (Å²) >= 11 is 0. The largest absolute Gasteiger partial charge is 0.354 e. The summed E-state index contributed by atoms with van der Waals surface area (Å²) in [4.78, 5) is 34.1. The Labute approximate surface area is 222 Å². The third kappa shape index (κ3) is 5.68. The third-order valence-electron chi connectivity index (χ3n) is 6.93. The summed E-state index contributed by atoms with van der Waals surface area (Å²) < 4.78 is 2.01. The lowest BCUT2D eigenvalue weighted by atomic mass is 9.97. The Morgan fingerprint density at radius 2 is 1.76 bits per heavy atom. The first-order valence-electron chi connectivity index (χ1n) is 13.0. The van der Waals surface area contributed by atoms with Crippen molar-refractivity contribution in [3.8, 4) is 11.3 Å². The minimum Gasteiger partial charge on any atom is -0.354 e. The van der Waals surface area contributed by atoms with E-state index in [2.05, 4.69) is 62.4 Å². The van der Waals surface area contributed by atoms with Crippen molar-refractivity contribution < 1.29 is 9.59 Å². The molecule has 0 unspecified atom stereocenters. The molecule has 4 N–H and O–H groups in total. The van der Waals surface area contributed by atoms with E-state index in [1.54, 1.807) is 12.3 Å². The van der Waals surface area contributed by atoms with Gasteiger partial charge in [0.2, 0.25) is 5.91 Å². The second-order valence-electron chi connectivity index (χ2n) is 9.70. The molecule has 9 nitrogen and oxygen atoms in total. The molecule has 0 radical (unpaired) electrons. The average molecular weight is 512 g/mol. The van der Waals surface area contributed by atoms with Crippen molar-refractivity contribution in [3.05, 3.63) is 77.7 Å². The molecule has 2 aromatic heterocycles. The summed E-state index contributed by atoms with van der Waals surface area (Å²) in [6, 6.07) is 13.9. The summed E-state index contributed by atoms with van der Waals surface area (Å²) in [5.74, 6) is 0.596. The van der Waals surface area contributed by atoms with Gasteiger partial charge >= 0.3 is 0 Å². The van der Waals surface area contributed by atoms with Gasteiger partial charge in [-0.2, -0.15) is 0 Å². The monoisotopic (exact) mass is 511 g/mol. The van der Waals surface area contributed by atoms with Crippen LogP contribution >= 0.6 is 0 Å². The number of aryl methyl sites for hydroxylation is 2. The number of fused-ring (bicyclic) bond motifs is 1. The Balaban J connectivity index is 1.21. The molecule has 1 fully saturated rings. The number of benzene rings is 2. The number of anilines is 2. The molecule has 3 heterocycles. The van der Waals surface area contributed by atoms with Crippen LogP contribution in [-0.2, 0) is 4.79 Å². The van der Waals surface area contributed by atoms with Crippen LogP contribution in [-0.4, -0.2) is 52.4 Å². The predicted molar refractivity (Wildman–Crippen MR) is 149 cm³/mol. The first-order valence-corrected chi connectivity index (χ1v) is 13.0. The summed E-state index contributed by atoms with van der Waals surface area (Å²) in [6.07, 6.45) is 7.20. The summed E-state index contributed by atoms with van der Waals surface area (Å²) in [5, 5.41) is 12.4. The Kier molecular flexibility index (Phi) is 7.65. The lowest BCUT2D eigenvalue weighted by Crippen LogP contribution is -2.41. The molecule has 1 aliphatic rings. The van der Waals surface area contributed by atoms with Gasteiger partial charge < -0.3 is 21.3 Å². The van der Waals surface area contributed by atoms with Gasteiger partial charge in [-0.25, -0.2) is 9.97 Å². The fourth-order valence-corrected chi connectivity index (χ4v) is 4.76. The molecule has 5 rings (SSSR count). The van der Waals surface area contributed by atoms with Crippen LogP contribution in [0.5, 0.6) is 0 Å². The number of rotatable bonds is 8. The van der Waals surface area contributed by atoms with Crippen molar-refractivity contribution >= 4 is 29.0 Å².